The Bertz CT molecular complexity index is 2290. The van der Waals surface area contributed by atoms with Crippen LogP contribution in [-0.2, 0) is 11.0 Å². The van der Waals surface area contributed by atoms with Gasteiger partial charge in [-0.15, -0.1) is 0 Å². The van der Waals surface area contributed by atoms with Gasteiger partial charge in [-0.05, 0) is 100 Å². The van der Waals surface area contributed by atoms with Crippen molar-refractivity contribution in [2.45, 2.75) is 70.4 Å². The normalized spacial score (nSPS) is 20.8. The average Bonchev–Trinajstić information content (AvgIpc) is 3.60. The number of methoxy groups -OCH3 is 2. The summed E-state index contributed by atoms with van der Waals surface area (Å²) in [6.07, 6.45) is 0.578. The highest BCUT2D eigenvalue weighted by Gasteiger charge is 2.56. The zero-order chi connectivity index (χ0) is 38.0. The fraction of sp³-hybridized carbons (Fsp3) is 0.348. The first-order chi connectivity index (χ1) is 25.6. The third-order valence-corrected chi connectivity index (χ3v) is 12.1. The van der Waals surface area contributed by atoms with Crippen molar-refractivity contribution in [3.63, 3.8) is 0 Å². The SMILES string of the molecule is COc1ccc(C2(c3ccc(OC)cc3)C=Cc3c4c(c5cc6c(cc5c3O2)OC(C(F)(F)F)N6C)-c2ccccc2C42CC(C)(C)CC(C)(C)C2)cc1. The largest absolute Gasteiger partial charge is 0.497 e. The molecule has 1 saturated carbocycles. The van der Waals surface area contributed by atoms with Crippen molar-refractivity contribution in [3.8, 4) is 34.1 Å². The number of ether oxygens (including phenoxy) is 4. The number of alkyl halides is 3. The van der Waals surface area contributed by atoms with Crippen LogP contribution in [0, 0.1) is 10.8 Å². The lowest BCUT2D eigenvalue weighted by atomic mass is 9.52. The highest BCUT2D eigenvalue weighted by Crippen LogP contribution is 2.67. The van der Waals surface area contributed by atoms with Gasteiger partial charge in [0.25, 0.3) is 6.23 Å². The smallest absolute Gasteiger partial charge is 0.445 e. The van der Waals surface area contributed by atoms with Crippen molar-refractivity contribution < 1.29 is 32.1 Å². The maximum atomic E-state index is 14.4. The Hall–Kier alpha value is -5.11. The van der Waals surface area contributed by atoms with Crippen LogP contribution in [0.25, 0.3) is 28.0 Å². The molecule has 2 aliphatic heterocycles. The van der Waals surface area contributed by atoms with Crippen LogP contribution in [0.15, 0.2) is 91.0 Å². The average molecular weight is 732 g/mol. The number of benzene rings is 5. The van der Waals surface area contributed by atoms with Gasteiger partial charge in [0.15, 0.2) is 5.60 Å². The van der Waals surface area contributed by atoms with E-state index in [2.05, 4.69) is 64.1 Å². The van der Waals surface area contributed by atoms with Gasteiger partial charge in [-0.1, -0.05) is 82.3 Å². The van der Waals surface area contributed by atoms with Crippen LogP contribution in [0.4, 0.5) is 18.9 Å². The highest BCUT2D eigenvalue weighted by atomic mass is 19.4. The topological polar surface area (TPSA) is 40.2 Å². The second-order valence-corrected chi connectivity index (χ2v) is 17.1. The molecule has 1 spiro atoms. The van der Waals surface area contributed by atoms with E-state index in [1.165, 1.54) is 23.1 Å². The summed E-state index contributed by atoms with van der Waals surface area (Å²) in [6.45, 7) is 9.46. The third kappa shape index (κ3) is 4.97. The van der Waals surface area contributed by atoms with E-state index >= 15 is 0 Å². The Labute approximate surface area is 314 Å². The minimum Gasteiger partial charge on any atom is -0.497 e. The quantitative estimate of drug-likeness (QED) is 0.184. The Kier molecular flexibility index (Phi) is 7.35. The molecule has 278 valence electrons. The maximum absolute atomic E-state index is 14.4. The van der Waals surface area contributed by atoms with Crippen LogP contribution < -0.4 is 23.8 Å². The molecule has 5 aromatic rings. The molecule has 9 rings (SSSR count). The fourth-order valence-electron chi connectivity index (χ4n) is 10.8. The predicted molar refractivity (Wildman–Crippen MR) is 207 cm³/mol. The summed E-state index contributed by atoms with van der Waals surface area (Å²) in [4.78, 5) is 1.20. The first-order valence-electron chi connectivity index (χ1n) is 18.5. The second-order valence-electron chi connectivity index (χ2n) is 17.1. The molecule has 0 radical (unpaired) electrons. The fourth-order valence-corrected chi connectivity index (χ4v) is 10.8. The van der Waals surface area contributed by atoms with Crippen molar-refractivity contribution >= 4 is 22.5 Å². The van der Waals surface area contributed by atoms with Gasteiger partial charge in [0.1, 0.15) is 23.0 Å². The number of halogens is 3. The van der Waals surface area contributed by atoms with Crippen LogP contribution in [0.3, 0.4) is 0 Å². The van der Waals surface area contributed by atoms with Gasteiger partial charge >= 0.3 is 6.18 Å². The number of hydrogen-bond acceptors (Lipinski definition) is 5. The molecular formula is C46H44F3NO4. The van der Waals surface area contributed by atoms with Crippen molar-refractivity contribution in [2.75, 3.05) is 26.2 Å². The first kappa shape index (κ1) is 34.6. The second kappa shape index (κ2) is 11.5. The molecule has 5 aromatic carbocycles. The van der Waals surface area contributed by atoms with E-state index in [1.807, 2.05) is 54.6 Å². The Morgan fingerprint density at radius 1 is 0.759 bits per heavy atom. The molecule has 0 bridgehead atoms. The van der Waals surface area contributed by atoms with E-state index in [1.54, 1.807) is 20.3 Å². The van der Waals surface area contributed by atoms with Crippen molar-refractivity contribution in [1.82, 2.24) is 0 Å². The third-order valence-electron chi connectivity index (χ3n) is 12.1. The van der Waals surface area contributed by atoms with Crippen LogP contribution >= 0.6 is 0 Å². The maximum Gasteiger partial charge on any atom is 0.445 e. The standard InChI is InChI=1S/C46H44F3NO4/c1-42(2)24-43(3,4)26-44(25-42)35-11-9-8-10-31(35)38-33-22-36-37(53-41(50(36)5)46(47,48)49)23-34(33)40-32(39(38)44)20-21-45(54-40,27-12-16-29(51-6)17-13-27)28-14-18-30(52-7)19-15-28/h8-23,41H,24-26H2,1-7H3. The molecule has 2 heterocycles. The van der Waals surface area contributed by atoms with E-state index in [4.69, 9.17) is 18.9 Å². The molecule has 8 heteroatoms. The van der Waals surface area contributed by atoms with Crippen molar-refractivity contribution in [3.05, 3.63) is 119 Å². The van der Waals surface area contributed by atoms with E-state index in [0.29, 0.717) is 28.3 Å². The molecule has 0 amide bonds. The predicted octanol–water partition coefficient (Wildman–Crippen LogP) is 11.4. The molecule has 0 N–H and O–H groups in total. The minimum atomic E-state index is -4.59. The molecule has 0 aromatic heterocycles. The van der Waals surface area contributed by atoms with Gasteiger partial charge in [0.05, 0.1) is 19.9 Å². The van der Waals surface area contributed by atoms with Crippen LogP contribution in [0.5, 0.6) is 23.0 Å². The summed E-state index contributed by atoms with van der Waals surface area (Å²) in [5.41, 5.74) is 6.32. The van der Waals surface area contributed by atoms with E-state index in [-0.39, 0.29) is 22.0 Å². The number of anilines is 1. The van der Waals surface area contributed by atoms with E-state index < -0.39 is 18.0 Å². The van der Waals surface area contributed by atoms with E-state index in [9.17, 15) is 13.2 Å². The lowest BCUT2D eigenvalue weighted by Gasteiger charge is -2.52. The zero-order valence-electron chi connectivity index (χ0n) is 31.7. The molecule has 2 aliphatic carbocycles. The number of nitrogens with zero attached hydrogens (tertiary/aromatic N) is 1. The summed E-state index contributed by atoms with van der Waals surface area (Å²) in [7, 11) is 4.72. The molecular weight excluding hydrogens is 688 g/mol. The van der Waals surface area contributed by atoms with Gasteiger partial charge < -0.3 is 23.8 Å². The molecule has 1 fully saturated rings. The number of hydrogen-bond donors (Lipinski definition) is 0. The first-order valence-corrected chi connectivity index (χ1v) is 18.5. The highest BCUT2D eigenvalue weighted by molar-refractivity contribution is 6.10. The lowest BCUT2D eigenvalue weighted by molar-refractivity contribution is -0.189. The number of fused-ring (bicyclic) bond motifs is 11. The molecule has 5 nitrogen and oxygen atoms in total. The molecule has 54 heavy (non-hydrogen) atoms. The van der Waals surface area contributed by atoms with Crippen LogP contribution in [0.2, 0.25) is 0 Å². The van der Waals surface area contributed by atoms with Gasteiger partial charge in [0, 0.05) is 34.5 Å². The number of rotatable bonds is 4. The lowest BCUT2D eigenvalue weighted by Crippen LogP contribution is -2.44. The van der Waals surface area contributed by atoms with Crippen molar-refractivity contribution in [1.29, 1.82) is 0 Å². The summed E-state index contributed by atoms with van der Waals surface area (Å²) in [6, 6.07) is 28.0. The zero-order valence-corrected chi connectivity index (χ0v) is 31.7. The Morgan fingerprint density at radius 2 is 1.35 bits per heavy atom. The Balaban J connectivity index is 1.39. The van der Waals surface area contributed by atoms with Crippen LogP contribution in [0.1, 0.15) is 74.8 Å². The molecule has 1 unspecified atom stereocenters. The summed E-state index contributed by atoms with van der Waals surface area (Å²) < 4.78 is 67.4. The molecule has 0 saturated heterocycles. The van der Waals surface area contributed by atoms with Gasteiger partial charge in [-0.2, -0.15) is 13.2 Å². The van der Waals surface area contributed by atoms with Crippen LogP contribution in [-0.4, -0.2) is 33.7 Å². The van der Waals surface area contributed by atoms with Gasteiger partial charge in [-0.25, -0.2) is 0 Å². The summed E-state index contributed by atoms with van der Waals surface area (Å²) in [5.74, 6) is 2.22. The van der Waals surface area contributed by atoms with E-state index in [0.717, 1.165) is 52.5 Å². The van der Waals surface area contributed by atoms with Gasteiger partial charge in [0.2, 0.25) is 0 Å². The monoisotopic (exact) mass is 731 g/mol. The molecule has 4 aliphatic rings. The summed E-state index contributed by atoms with van der Waals surface area (Å²) >= 11 is 0. The summed E-state index contributed by atoms with van der Waals surface area (Å²) in [5, 5.41) is 1.55. The molecule has 1 atom stereocenters. The Morgan fingerprint density at radius 3 is 1.93 bits per heavy atom. The van der Waals surface area contributed by atoms with Gasteiger partial charge in [-0.3, -0.25) is 0 Å². The minimum absolute atomic E-state index is 0.0133. The van der Waals surface area contributed by atoms with Crippen molar-refractivity contribution in [2.24, 2.45) is 10.8 Å².